The molecule has 2 heterocycles. The number of nitrogens with zero attached hydrogens (tertiary/aromatic N) is 2. The van der Waals surface area contributed by atoms with E-state index in [1.807, 2.05) is 12.1 Å². The van der Waals surface area contributed by atoms with Crippen LogP contribution in [0.15, 0.2) is 55.1 Å². The Morgan fingerprint density at radius 1 is 1.09 bits per heavy atom. The van der Waals surface area contributed by atoms with Crippen molar-refractivity contribution in [3.05, 3.63) is 71.8 Å². The monoisotopic (exact) mass is 463 g/mol. The molecule has 2 aromatic rings. The Bertz CT molecular complexity index is 1140. The van der Waals surface area contributed by atoms with Crippen LogP contribution in [-0.2, 0) is 14.3 Å². The lowest BCUT2D eigenvalue weighted by atomic mass is 10.1. The number of amides is 3. The number of ether oxygens (including phenoxy) is 2. The molecule has 0 saturated carbocycles. The third kappa shape index (κ3) is 4.69. The van der Waals surface area contributed by atoms with Gasteiger partial charge in [0.15, 0.2) is 6.10 Å². The molecule has 0 aromatic heterocycles. The number of esters is 1. The van der Waals surface area contributed by atoms with Gasteiger partial charge in [-0.3, -0.25) is 19.3 Å². The second-order valence-electron chi connectivity index (χ2n) is 7.95. The van der Waals surface area contributed by atoms with E-state index in [9.17, 15) is 19.2 Å². The van der Waals surface area contributed by atoms with Crippen LogP contribution in [0.3, 0.4) is 0 Å². The molecule has 0 bridgehead atoms. The maximum atomic E-state index is 12.6. The third-order valence-corrected chi connectivity index (χ3v) is 5.68. The van der Waals surface area contributed by atoms with Crippen LogP contribution in [0.1, 0.15) is 38.0 Å². The highest BCUT2D eigenvalue weighted by molar-refractivity contribution is 6.22. The Morgan fingerprint density at radius 2 is 1.76 bits per heavy atom. The fourth-order valence-corrected chi connectivity index (χ4v) is 3.82. The largest absolute Gasteiger partial charge is 0.449 e. The number of anilines is 2. The predicted molar refractivity (Wildman–Crippen MR) is 125 cm³/mol. The van der Waals surface area contributed by atoms with Crippen molar-refractivity contribution in [2.75, 3.05) is 43.1 Å². The molecule has 1 saturated heterocycles. The number of nitrogens with one attached hydrogen (secondary N) is 1. The van der Waals surface area contributed by atoms with Crippen molar-refractivity contribution in [2.45, 2.75) is 13.0 Å². The SMILES string of the molecule is C=CCN1C(=O)c2ccc(C(=O)O[C@@H](C)C(=O)Nc3ccc(N4CCOCC4)cc3)cc2C1=O. The average molecular weight is 463 g/mol. The second kappa shape index (κ2) is 9.88. The molecule has 1 N–H and O–H groups in total. The topological polar surface area (TPSA) is 105 Å². The van der Waals surface area contributed by atoms with Crippen LogP contribution in [0, 0.1) is 0 Å². The Kier molecular flexibility index (Phi) is 6.74. The van der Waals surface area contributed by atoms with Crippen molar-refractivity contribution in [2.24, 2.45) is 0 Å². The van der Waals surface area contributed by atoms with Gasteiger partial charge >= 0.3 is 5.97 Å². The molecule has 176 valence electrons. The molecule has 34 heavy (non-hydrogen) atoms. The van der Waals surface area contributed by atoms with Crippen LogP contribution in [0.25, 0.3) is 0 Å². The zero-order valence-electron chi connectivity index (χ0n) is 18.8. The minimum atomic E-state index is -1.07. The number of hydrogen-bond donors (Lipinski definition) is 1. The average Bonchev–Trinajstić information content (AvgIpc) is 3.09. The first-order valence-corrected chi connectivity index (χ1v) is 10.9. The van der Waals surface area contributed by atoms with Gasteiger partial charge in [-0.25, -0.2) is 4.79 Å². The molecule has 0 radical (unpaired) electrons. The lowest BCUT2D eigenvalue weighted by Gasteiger charge is -2.28. The van der Waals surface area contributed by atoms with E-state index in [1.165, 1.54) is 31.2 Å². The summed E-state index contributed by atoms with van der Waals surface area (Å²) >= 11 is 0. The van der Waals surface area contributed by atoms with Gasteiger partial charge in [0.25, 0.3) is 17.7 Å². The van der Waals surface area contributed by atoms with Crippen molar-refractivity contribution in [3.63, 3.8) is 0 Å². The Morgan fingerprint density at radius 3 is 2.44 bits per heavy atom. The van der Waals surface area contributed by atoms with Gasteiger partial charge < -0.3 is 19.7 Å². The zero-order chi connectivity index (χ0) is 24.2. The number of imide groups is 1. The molecule has 0 spiro atoms. The highest BCUT2D eigenvalue weighted by atomic mass is 16.5. The van der Waals surface area contributed by atoms with E-state index >= 15 is 0 Å². The summed E-state index contributed by atoms with van der Waals surface area (Å²) in [6.45, 7) is 8.08. The summed E-state index contributed by atoms with van der Waals surface area (Å²) in [5.74, 6) is -2.19. The van der Waals surface area contributed by atoms with E-state index in [0.29, 0.717) is 18.9 Å². The first kappa shape index (κ1) is 23.2. The molecular weight excluding hydrogens is 438 g/mol. The molecule has 1 atom stereocenters. The minimum Gasteiger partial charge on any atom is -0.449 e. The van der Waals surface area contributed by atoms with Crippen LogP contribution in [-0.4, -0.2) is 67.5 Å². The lowest BCUT2D eigenvalue weighted by Crippen LogP contribution is -2.36. The predicted octanol–water partition coefficient (Wildman–Crippen LogP) is 2.49. The van der Waals surface area contributed by atoms with Crippen LogP contribution >= 0.6 is 0 Å². The third-order valence-electron chi connectivity index (χ3n) is 5.68. The van der Waals surface area contributed by atoms with Crippen molar-refractivity contribution in [1.29, 1.82) is 0 Å². The van der Waals surface area contributed by atoms with E-state index in [1.54, 1.807) is 12.1 Å². The summed E-state index contributed by atoms with van der Waals surface area (Å²) in [6, 6.07) is 11.5. The standard InChI is InChI=1S/C25H25N3O6/c1-3-10-28-23(30)20-9-4-17(15-21(20)24(28)31)25(32)34-16(2)22(29)26-18-5-7-19(8-6-18)27-11-13-33-14-12-27/h3-9,15-16H,1,10-14H2,2H3,(H,26,29)/t16-/m0/s1. The number of carbonyl (C=O) groups is 4. The molecule has 0 unspecified atom stereocenters. The summed E-state index contributed by atoms with van der Waals surface area (Å²) in [7, 11) is 0. The van der Waals surface area contributed by atoms with E-state index in [4.69, 9.17) is 9.47 Å². The molecule has 2 aliphatic heterocycles. The zero-order valence-corrected chi connectivity index (χ0v) is 18.8. The van der Waals surface area contributed by atoms with Gasteiger partial charge in [-0.1, -0.05) is 6.08 Å². The highest BCUT2D eigenvalue weighted by Gasteiger charge is 2.35. The van der Waals surface area contributed by atoms with Crippen LogP contribution < -0.4 is 10.2 Å². The maximum Gasteiger partial charge on any atom is 0.338 e. The Balaban J connectivity index is 1.36. The van der Waals surface area contributed by atoms with Crippen LogP contribution in [0.4, 0.5) is 11.4 Å². The summed E-state index contributed by atoms with van der Waals surface area (Å²) < 4.78 is 10.6. The fraction of sp³-hybridized carbons (Fsp3) is 0.280. The molecule has 1 fully saturated rings. The summed E-state index contributed by atoms with van der Waals surface area (Å²) in [5, 5.41) is 2.73. The second-order valence-corrected chi connectivity index (χ2v) is 7.95. The first-order chi connectivity index (χ1) is 16.4. The van der Waals surface area contributed by atoms with E-state index < -0.39 is 29.8 Å². The highest BCUT2D eigenvalue weighted by Crippen LogP contribution is 2.25. The molecule has 4 rings (SSSR count). The van der Waals surface area contributed by atoms with Crippen molar-refractivity contribution in [3.8, 4) is 0 Å². The summed E-state index contributed by atoms with van der Waals surface area (Å²) in [6.07, 6.45) is 0.377. The van der Waals surface area contributed by atoms with Gasteiger partial charge in [-0.15, -0.1) is 6.58 Å². The first-order valence-electron chi connectivity index (χ1n) is 10.9. The van der Waals surface area contributed by atoms with Gasteiger partial charge in [-0.2, -0.15) is 0 Å². The summed E-state index contributed by atoms with van der Waals surface area (Å²) in [4.78, 5) is 53.1. The van der Waals surface area contributed by atoms with Crippen molar-refractivity contribution in [1.82, 2.24) is 4.90 Å². The number of fused-ring (bicyclic) bond motifs is 1. The van der Waals surface area contributed by atoms with Crippen LogP contribution in [0.5, 0.6) is 0 Å². The van der Waals surface area contributed by atoms with Crippen molar-refractivity contribution < 1.29 is 28.7 Å². The van der Waals surface area contributed by atoms with E-state index in [2.05, 4.69) is 16.8 Å². The van der Waals surface area contributed by atoms with Gasteiger partial charge in [0.05, 0.1) is 29.9 Å². The molecule has 0 aliphatic carbocycles. The number of rotatable bonds is 7. The van der Waals surface area contributed by atoms with E-state index in [-0.39, 0.29) is 23.2 Å². The lowest BCUT2D eigenvalue weighted by molar-refractivity contribution is -0.123. The fourth-order valence-electron chi connectivity index (χ4n) is 3.82. The molecular formula is C25H25N3O6. The number of benzene rings is 2. The molecule has 3 amide bonds. The smallest absolute Gasteiger partial charge is 0.338 e. The molecule has 9 heteroatoms. The van der Waals surface area contributed by atoms with E-state index in [0.717, 1.165) is 23.7 Å². The Labute approximate surface area is 196 Å². The van der Waals surface area contributed by atoms with Gasteiger partial charge in [0.2, 0.25) is 0 Å². The van der Waals surface area contributed by atoms with Crippen molar-refractivity contribution >= 4 is 35.1 Å². The van der Waals surface area contributed by atoms with Crippen LogP contribution in [0.2, 0.25) is 0 Å². The minimum absolute atomic E-state index is 0.0786. The normalized spacial score (nSPS) is 16.1. The maximum absolute atomic E-state index is 12.6. The Hall–Kier alpha value is -3.98. The van der Waals surface area contributed by atoms with Gasteiger partial charge in [-0.05, 0) is 49.4 Å². The van der Waals surface area contributed by atoms with Gasteiger partial charge in [0.1, 0.15) is 0 Å². The molecule has 2 aromatic carbocycles. The number of carbonyl (C=O) groups excluding carboxylic acids is 4. The number of hydrogen-bond acceptors (Lipinski definition) is 7. The quantitative estimate of drug-likeness (QED) is 0.382. The summed E-state index contributed by atoms with van der Waals surface area (Å²) in [5.41, 5.74) is 2.04. The van der Waals surface area contributed by atoms with Gasteiger partial charge in [0, 0.05) is 31.0 Å². The molecule has 9 nitrogen and oxygen atoms in total. The number of morpholine rings is 1. The molecule has 2 aliphatic rings.